The van der Waals surface area contributed by atoms with Gasteiger partial charge in [-0.05, 0) is 42.3 Å². The van der Waals surface area contributed by atoms with Gasteiger partial charge in [0.15, 0.2) is 0 Å². The number of nitrogens with zero attached hydrogens (tertiary/aromatic N) is 1. The zero-order valence-corrected chi connectivity index (χ0v) is 11.5. The minimum absolute atomic E-state index is 0.0882. The molecule has 1 aromatic heterocycles. The van der Waals surface area contributed by atoms with E-state index in [0.717, 1.165) is 16.1 Å². The lowest BCUT2D eigenvalue weighted by atomic mass is 10.1. The van der Waals surface area contributed by atoms with Gasteiger partial charge < -0.3 is 10.5 Å². The third-order valence-corrected chi connectivity index (χ3v) is 3.11. The molecule has 4 heteroatoms. The second-order valence-electron chi connectivity index (χ2n) is 4.50. The van der Waals surface area contributed by atoms with Crippen LogP contribution in [0.5, 0.6) is 0 Å². The fraction of sp³-hybridized carbons (Fsp3) is 0.267. The van der Waals surface area contributed by atoms with Crippen LogP contribution in [0.2, 0.25) is 5.02 Å². The van der Waals surface area contributed by atoms with Gasteiger partial charge in [-0.25, -0.2) is 0 Å². The van der Waals surface area contributed by atoms with Crippen LogP contribution in [0.3, 0.4) is 0 Å². The van der Waals surface area contributed by atoms with E-state index in [0.29, 0.717) is 6.61 Å². The average Bonchev–Trinajstić information content (AvgIpc) is 2.42. The SMILES string of the molecule is CC(N)C(OCc1ccc(Cl)cc1)c1ccncc1. The molecule has 0 bridgehead atoms. The highest BCUT2D eigenvalue weighted by atomic mass is 35.5. The number of benzene rings is 1. The zero-order chi connectivity index (χ0) is 13.7. The molecule has 2 aromatic rings. The molecule has 3 nitrogen and oxygen atoms in total. The van der Waals surface area contributed by atoms with E-state index in [1.807, 2.05) is 43.3 Å². The fourth-order valence-corrected chi connectivity index (χ4v) is 2.00. The first-order chi connectivity index (χ1) is 9.16. The summed E-state index contributed by atoms with van der Waals surface area (Å²) in [6.07, 6.45) is 3.35. The largest absolute Gasteiger partial charge is 0.367 e. The summed E-state index contributed by atoms with van der Waals surface area (Å²) in [5, 5.41) is 0.724. The molecule has 2 unspecified atom stereocenters. The average molecular weight is 277 g/mol. The van der Waals surface area contributed by atoms with Gasteiger partial charge in [-0.15, -0.1) is 0 Å². The van der Waals surface area contributed by atoms with Crippen LogP contribution >= 0.6 is 11.6 Å². The normalized spacial score (nSPS) is 14.1. The standard InChI is InChI=1S/C15H17ClN2O/c1-11(17)15(13-6-8-18-9-7-13)19-10-12-2-4-14(16)5-3-12/h2-9,11,15H,10,17H2,1H3. The van der Waals surface area contributed by atoms with E-state index >= 15 is 0 Å². The second kappa shape index (κ2) is 6.66. The van der Waals surface area contributed by atoms with Crippen molar-refractivity contribution in [2.75, 3.05) is 0 Å². The molecule has 1 aromatic carbocycles. The van der Waals surface area contributed by atoms with Crippen molar-refractivity contribution in [1.82, 2.24) is 4.98 Å². The van der Waals surface area contributed by atoms with Crippen LogP contribution in [-0.4, -0.2) is 11.0 Å². The lowest BCUT2D eigenvalue weighted by Gasteiger charge is -2.21. The van der Waals surface area contributed by atoms with Gasteiger partial charge in [0.25, 0.3) is 0 Å². The van der Waals surface area contributed by atoms with Gasteiger partial charge in [0.1, 0.15) is 0 Å². The van der Waals surface area contributed by atoms with Crippen LogP contribution in [0, 0.1) is 0 Å². The number of halogens is 1. The predicted molar refractivity (Wildman–Crippen MR) is 76.9 cm³/mol. The fourth-order valence-electron chi connectivity index (χ4n) is 1.87. The van der Waals surface area contributed by atoms with Crippen molar-refractivity contribution in [3.05, 3.63) is 64.9 Å². The van der Waals surface area contributed by atoms with Crippen molar-refractivity contribution < 1.29 is 4.74 Å². The Morgan fingerprint density at radius 1 is 1.16 bits per heavy atom. The molecule has 0 aliphatic carbocycles. The van der Waals surface area contributed by atoms with E-state index < -0.39 is 0 Å². The highest BCUT2D eigenvalue weighted by Gasteiger charge is 2.16. The van der Waals surface area contributed by atoms with E-state index in [4.69, 9.17) is 22.1 Å². The van der Waals surface area contributed by atoms with Gasteiger partial charge in [-0.3, -0.25) is 4.98 Å². The lowest BCUT2D eigenvalue weighted by molar-refractivity contribution is 0.0258. The van der Waals surface area contributed by atoms with Crippen molar-refractivity contribution in [3.8, 4) is 0 Å². The van der Waals surface area contributed by atoms with Gasteiger partial charge in [0, 0.05) is 23.5 Å². The van der Waals surface area contributed by atoms with Crippen molar-refractivity contribution in [3.63, 3.8) is 0 Å². The topological polar surface area (TPSA) is 48.1 Å². The number of hydrogen-bond acceptors (Lipinski definition) is 3. The van der Waals surface area contributed by atoms with Crippen LogP contribution in [0.4, 0.5) is 0 Å². The lowest BCUT2D eigenvalue weighted by Crippen LogP contribution is -2.26. The molecular formula is C15H17ClN2O. The molecule has 2 atom stereocenters. The van der Waals surface area contributed by atoms with E-state index in [1.54, 1.807) is 12.4 Å². The first-order valence-electron chi connectivity index (χ1n) is 6.18. The predicted octanol–water partition coefficient (Wildman–Crippen LogP) is 3.34. The Kier molecular flexibility index (Phi) is 4.91. The number of rotatable bonds is 5. The molecule has 0 fully saturated rings. The maximum Gasteiger partial charge on any atom is 0.0978 e. The van der Waals surface area contributed by atoms with Crippen LogP contribution in [0.15, 0.2) is 48.8 Å². The van der Waals surface area contributed by atoms with Crippen molar-refractivity contribution in [2.45, 2.75) is 25.7 Å². The second-order valence-corrected chi connectivity index (χ2v) is 4.93. The van der Waals surface area contributed by atoms with Gasteiger partial charge in [0.05, 0.1) is 12.7 Å². The van der Waals surface area contributed by atoms with Crippen LogP contribution in [0.1, 0.15) is 24.2 Å². The Labute approximate surface area is 118 Å². The van der Waals surface area contributed by atoms with Crippen molar-refractivity contribution in [1.29, 1.82) is 0 Å². The molecule has 2 N–H and O–H groups in total. The molecule has 0 aliphatic rings. The molecule has 2 rings (SSSR count). The quantitative estimate of drug-likeness (QED) is 0.911. The number of nitrogens with two attached hydrogens (primary N) is 1. The van der Waals surface area contributed by atoms with Gasteiger partial charge in [-0.2, -0.15) is 0 Å². The minimum atomic E-state index is -0.140. The molecule has 1 heterocycles. The summed E-state index contributed by atoms with van der Waals surface area (Å²) in [7, 11) is 0. The summed E-state index contributed by atoms with van der Waals surface area (Å²) in [5.74, 6) is 0. The summed E-state index contributed by atoms with van der Waals surface area (Å²) < 4.78 is 5.92. The smallest absolute Gasteiger partial charge is 0.0978 e. The Hall–Kier alpha value is -1.42. The van der Waals surface area contributed by atoms with Crippen molar-refractivity contribution >= 4 is 11.6 Å². The van der Waals surface area contributed by atoms with Crippen molar-refractivity contribution in [2.24, 2.45) is 5.73 Å². The van der Waals surface area contributed by atoms with E-state index in [1.165, 1.54) is 0 Å². The summed E-state index contributed by atoms with van der Waals surface area (Å²) >= 11 is 5.85. The monoisotopic (exact) mass is 276 g/mol. The molecular weight excluding hydrogens is 260 g/mol. The first-order valence-corrected chi connectivity index (χ1v) is 6.56. The number of hydrogen-bond donors (Lipinski definition) is 1. The number of ether oxygens (including phenoxy) is 1. The van der Waals surface area contributed by atoms with E-state index in [2.05, 4.69) is 4.98 Å². The first kappa shape index (κ1) is 14.0. The van der Waals surface area contributed by atoms with Crippen LogP contribution in [0.25, 0.3) is 0 Å². The Morgan fingerprint density at radius 2 is 1.79 bits per heavy atom. The third-order valence-electron chi connectivity index (χ3n) is 2.85. The maximum absolute atomic E-state index is 5.99. The molecule has 0 spiro atoms. The molecule has 19 heavy (non-hydrogen) atoms. The summed E-state index contributed by atoms with van der Waals surface area (Å²) in [5.41, 5.74) is 8.10. The molecule has 0 saturated heterocycles. The molecule has 0 saturated carbocycles. The van der Waals surface area contributed by atoms with Gasteiger partial charge in [0.2, 0.25) is 0 Å². The summed E-state index contributed by atoms with van der Waals surface area (Å²) in [4.78, 5) is 4.00. The Morgan fingerprint density at radius 3 is 2.37 bits per heavy atom. The number of pyridine rings is 1. The van der Waals surface area contributed by atoms with Crippen LogP contribution in [-0.2, 0) is 11.3 Å². The highest BCUT2D eigenvalue weighted by Crippen LogP contribution is 2.21. The van der Waals surface area contributed by atoms with Crippen LogP contribution < -0.4 is 5.73 Å². The number of aromatic nitrogens is 1. The zero-order valence-electron chi connectivity index (χ0n) is 10.8. The summed E-state index contributed by atoms with van der Waals surface area (Å²) in [6.45, 7) is 2.44. The molecule has 0 amide bonds. The molecule has 0 radical (unpaired) electrons. The van der Waals surface area contributed by atoms with Gasteiger partial charge in [-0.1, -0.05) is 23.7 Å². The third kappa shape index (κ3) is 4.03. The van der Waals surface area contributed by atoms with E-state index in [-0.39, 0.29) is 12.1 Å². The maximum atomic E-state index is 5.99. The molecule has 0 aliphatic heterocycles. The molecule has 100 valence electrons. The summed E-state index contributed by atoms with van der Waals surface area (Å²) in [6, 6.07) is 11.4. The highest BCUT2D eigenvalue weighted by molar-refractivity contribution is 6.30. The minimum Gasteiger partial charge on any atom is -0.367 e. The Bertz CT molecular complexity index is 499. The van der Waals surface area contributed by atoms with E-state index in [9.17, 15) is 0 Å². The Balaban J connectivity index is 2.04. The van der Waals surface area contributed by atoms with Gasteiger partial charge >= 0.3 is 0 Å².